The number of carbonyl (C=O) groups excluding carboxylic acids is 2. The molecule has 1 heterocycles. The molecule has 2 aromatic carbocycles. The van der Waals surface area contributed by atoms with E-state index < -0.39 is 0 Å². The molecule has 0 radical (unpaired) electrons. The van der Waals surface area contributed by atoms with Gasteiger partial charge >= 0.3 is 0 Å². The molecular formula is C23H27N5O3S. The van der Waals surface area contributed by atoms with Gasteiger partial charge in [0.25, 0.3) is 0 Å². The third-order valence-electron chi connectivity index (χ3n) is 5.01. The van der Waals surface area contributed by atoms with Gasteiger partial charge in [-0.3, -0.25) is 19.3 Å². The van der Waals surface area contributed by atoms with Gasteiger partial charge in [-0.05, 0) is 44.3 Å². The van der Waals surface area contributed by atoms with Crippen LogP contribution >= 0.6 is 12.2 Å². The summed E-state index contributed by atoms with van der Waals surface area (Å²) in [5, 5.41) is 9.93. The number of ether oxygens (including phenoxy) is 1. The molecule has 1 aromatic heterocycles. The molecule has 0 saturated carbocycles. The van der Waals surface area contributed by atoms with E-state index in [2.05, 4.69) is 15.5 Å². The Morgan fingerprint density at radius 1 is 1.22 bits per heavy atom. The number of hydrogen-bond donors (Lipinski definition) is 2. The molecule has 3 aromatic rings. The van der Waals surface area contributed by atoms with Gasteiger partial charge in [0.1, 0.15) is 5.75 Å². The van der Waals surface area contributed by atoms with Gasteiger partial charge in [0.2, 0.25) is 11.8 Å². The molecular weight excluding hydrogens is 426 g/mol. The number of methoxy groups -OCH3 is 1. The number of aromatic amines is 1. The molecule has 168 valence electrons. The Morgan fingerprint density at radius 3 is 2.72 bits per heavy atom. The fraction of sp³-hybridized carbons (Fsp3) is 0.304. The van der Waals surface area contributed by atoms with Crippen molar-refractivity contribution in [2.75, 3.05) is 25.5 Å². The standard InChI is InChI=1S/C23H27N5O3S/c1-4-27(15-20(29)24-18-9-6-10-19(14-18)31-3)21(30)11-12-28-22(25-26-23(28)32)17-8-5-7-16(2)13-17/h5-10,13-14H,4,11-12,15H2,1-3H3,(H,24,29)(H,26,32). The first kappa shape index (κ1) is 23.2. The van der Waals surface area contributed by atoms with Gasteiger partial charge in [0.15, 0.2) is 10.6 Å². The first-order valence-electron chi connectivity index (χ1n) is 10.3. The van der Waals surface area contributed by atoms with E-state index in [9.17, 15) is 9.59 Å². The molecule has 32 heavy (non-hydrogen) atoms. The van der Waals surface area contributed by atoms with Crippen LogP contribution in [-0.4, -0.2) is 51.7 Å². The lowest BCUT2D eigenvalue weighted by Gasteiger charge is -2.21. The Kier molecular flexibility index (Phi) is 7.77. The second kappa shape index (κ2) is 10.7. The van der Waals surface area contributed by atoms with Crippen LogP contribution in [-0.2, 0) is 16.1 Å². The van der Waals surface area contributed by atoms with Crippen molar-refractivity contribution in [1.82, 2.24) is 19.7 Å². The molecule has 9 heteroatoms. The zero-order valence-corrected chi connectivity index (χ0v) is 19.2. The maximum absolute atomic E-state index is 12.8. The third kappa shape index (κ3) is 5.82. The predicted molar refractivity (Wildman–Crippen MR) is 126 cm³/mol. The average Bonchev–Trinajstić information content (AvgIpc) is 3.16. The van der Waals surface area contributed by atoms with Crippen molar-refractivity contribution >= 4 is 29.7 Å². The van der Waals surface area contributed by atoms with Crippen molar-refractivity contribution in [3.8, 4) is 17.1 Å². The molecule has 0 aliphatic rings. The van der Waals surface area contributed by atoms with E-state index in [0.29, 0.717) is 35.1 Å². The van der Waals surface area contributed by atoms with Crippen molar-refractivity contribution in [2.24, 2.45) is 0 Å². The van der Waals surface area contributed by atoms with Crippen molar-refractivity contribution in [1.29, 1.82) is 0 Å². The fourth-order valence-corrected chi connectivity index (χ4v) is 3.57. The van der Waals surface area contributed by atoms with Gasteiger partial charge in [-0.25, -0.2) is 0 Å². The Morgan fingerprint density at radius 2 is 2.00 bits per heavy atom. The van der Waals surface area contributed by atoms with Gasteiger partial charge in [-0.2, -0.15) is 5.10 Å². The molecule has 2 amide bonds. The topological polar surface area (TPSA) is 92.2 Å². The van der Waals surface area contributed by atoms with Crippen LogP contribution in [0.25, 0.3) is 11.4 Å². The Bertz CT molecular complexity index is 1150. The Hall–Kier alpha value is -3.46. The molecule has 0 spiro atoms. The van der Waals surface area contributed by atoms with Gasteiger partial charge in [0, 0.05) is 36.8 Å². The number of aromatic nitrogens is 3. The molecule has 0 unspecified atom stereocenters. The lowest BCUT2D eigenvalue weighted by molar-refractivity contribution is -0.134. The fourth-order valence-electron chi connectivity index (χ4n) is 3.35. The Balaban J connectivity index is 1.63. The number of nitrogens with zero attached hydrogens (tertiary/aromatic N) is 3. The van der Waals surface area contributed by atoms with Crippen LogP contribution in [0.4, 0.5) is 5.69 Å². The van der Waals surface area contributed by atoms with E-state index in [-0.39, 0.29) is 24.8 Å². The lowest BCUT2D eigenvalue weighted by Crippen LogP contribution is -2.38. The van der Waals surface area contributed by atoms with Gasteiger partial charge in [-0.1, -0.05) is 29.8 Å². The second-order valence-corrected chi connectivity index (χ2v) is 7.70. The largest absolute Gasteiger partial charge is 0.497 e. The highest BCUT2D eigenvalue weighted by Gasteiger charge is 2.17. The summed E-state index contributed by atoms with van der Waals surface area (Å²) in [6.45, 7) is 4.61. The number of benzene rings is 2. The average molecular weight is 454 g/mol. The molecule has 8 nitrogen and oxygen atoms in total. The molecule has 3 rings (SSSR count). The van der Waals surface area contributed by atoms with E-state index >= 15 is 0 Å². The van der Waals surface area contributed by atoms with Gasteiger partial charge in [0.05, 0.1) is 13.7 Å². The Labute approximate surface area is 192 Å². The highest BCUT2D eigenvalue weighted by molar-refractivity contribution is 7.71. The van der Waals surface area contributed by atoms with E-state index in [1.165, 1.54) is 4.90 Å². The zero-order chi connectivity index (χ0) is 23.1. The normalized spacial score (nSPS) is 10.6. The number of H-pyrrole nitrogens is 1. The summed E-state index contributed by atoms with van der Waals surface area (Å²) in [5.41, 5.74) is 2.65. The number of hydrogen-bond acceptors (Lipinski definition) is 5. The number of likely N-dealkylation sites (N-methyl/N-ethyl adjacent to an activating group) is 1. The molecule has 0 saturated heterocycles. The number of aryl methyl sites for hydroxylation is 1. The highest BCUT2D eigenvalue weighted by atomic mass is 32.1. The van der Waals surface area contributed by atoms with Crippen LogP contribution in [0, 0.1) is 11.7 Å². The molecule has 0 fully saturated rings. The summed E-state index contributed by atoms with van der Waals surface area (Å²) in [7, 11) is 1.56. The zero-order valence-electron chi connectivity index (χ0n) is 18.4. The van der Waals surface area contributed by atoms with E-state index in [1.807, 2.05) is 42.7 Å². The van der Waals surface area contributed by atoms with E-state index in [1.54, 1.807) is 31.4 Å². The quantitative estimate of drug-likeness (QED) is 0.481. The molecule has 0 aliphatic heterocycles. The summed E-state index contributed by atoms with van der Waals surface area (Å²) < 4.78 is 7.43. The predicted octanol–water partition coefficient (Wildman–Crippen LogP) is 3.80. The van der Waals surface area contributed by atoms with Crippen LogP contribution in [0.1, 0.15) is 18.9 Å². The van der Waals surface area contributed by atoms with Crippen molar-refractivity contribution in [3.63, 3.8) is 0 Å². The minimum Gasteiger partial charge on any atom is -0.497 e. The molecule has 0 atom stereocenters. The highest BCUT2D eigenvalue weighted by Crippen LogP contribution is 2.19. The minimum absolute atomic E-state index is 0.0337. The number of rotatable bonds is 9. The van der Waals surface area contributed by atoms with E-state index in [4.69, 9.17) is 17.0 Å². The van der Waals surface area contributed by atoms with Gasteiger partial charge < -0.3 is 15.0 Å². The van der Waals surface area contributed by atoms with Crippen molar-refractivity contribution in [3.05, 3.63) is 58.9 Å². The summed E-state index contributed by atoms with van der Waals surface area (Å²) >= 11 is 5.36. The second-order valence-electron chi connectivity index (χ2n) is 7.31. The van der Waals surface area contributed by atoms with Crippen LogP contribution in [0.2, 0.25) is 0 Å². The van der Waals surface area contributed by atoms with Crippen LogP contribution in [0.5, 0.6) is 5.75 Å². The SMILES string of the molecule is CCN(CC(=O)Nc1cccc(OC)c1)C(=O)CCn1c(-c2cccc(C)c2)n[nH]c1=S. The molecule has 0 aliphatic carbocycles. The molecule has 2 N–H and O–H groups in total. The molecule has 0 bridgehead atoms. The smallest absolute Gasteiger partial charge is 0.243 e. The number of amides is 2. The minimum atomic E-state index is -0.270. The van der Waals surface area contributed by atoms with Crippen molar-refractivity contribution < 1.29 is 14.3 Å². The van der Waals surface area contributed by atoms with Crippen LogP contribution in [0.15, 0.2) is 48.5 Å². The number of nitrogens with one attached hydrogen (secondary N) is 2. The summed E-state index contributed by atoms with van der Waals surface area (Å²) in [6.07, 6.45) is 0.201. The van der Waals surface area contributed by atoms with Crippen molar-refractivity contribution in [2.45, 2.75) is 26.8 Å². The monoisotopic (exact) mass is 453 g/mol. The first-order chi connectivity index (χ1) is 15.4. The van der Waals surface area contributed by atoms with E-state index in [0.717, 1.165) is 11.1 Å². The maximum Gasteiger partial charge on any atom is 0.243 e. The number of anilines is 1. The van der Waals surface area contributed by atoms with Crippen LogP contribution in [0.3, 0.4) is 0 Å². The number of carbonyl (C=O) groups is 2. The summed E-state index contributed by atoms with van der Waals surface area (Å²) in [4.78, 5) is 26.8. The maximum atomic E-state index is 12.8. The van der Waals surface area contributed by atoms with Gasteiger partial charge in [-0.15, -0.1) is 0 Å². The first-order valence-corrected chi connectivity index (χ1v) is 10.8. The summed E-state index contributed by atoms with van der Waals surface area (Å²) in [6, 6.07) is 15.0. The lowest BCUT2D eigenvalue weighted by atomic mass is 10.1. The summed E-state index contributed by atoms with van der Waals surface area (Å²) in [5.74, 6) is 0.929. The van der Waals surface area contributed by atoms with Crippen LogP contribution < -0.4 is 10.1 Å². The third-order valence-corrected chi connectivity index (χ3v) is 5.32.